The van der Waals surface area contributed by atoms with E-state index >= 15 is 0 Å². The molecule has 0 fully saturated rings. The first-order valence-corrected chi connectivity index (χ1v) is 7.52. The van der Waals surface area contributed by atoms with Gasteiger partial charge >= 0.3 is 5.63 Å². The molecule has 0 N–H and O–H groups in total. The third-order valence-electron chi connectivity index (χ3n) is 4.48. The molecule has 0 aliphatic rings. The lowest BCUT2D eigenvalue weighted by Crippen LogP contribution is -2.18. The fourth-order valence-electron chi connectivity index (χ4n) is 3.37. The van der Waals surface area contributed by atoms with Gasteiger partial charge in [-0.1, -0.05) is 30.3 Å². The molecule has 0 aliphatic heterocycles. The molecule has 0 saturated carbocycles. The Morgan fingerprint density at radius 2 is 1.50 bits per heavy atom. The first kappa shape index (κ1) is 13.1. The monoisotopic (exact) mass is 317 g/mol. The van der Waals surface area contributed by atoms with Crippen LogP contribution in [0, 0.1) is 0 Å². The average molecular weight is 317 g/mol. The third-order valence-corrected chi connectivity index (χ3v) is 4.48. The van der Waals surface area contributed by atoms with Crippen LogP contribution in [0.15, 0.2) is 67.0 Å². The molecule has 0 atom stereocenters. The second kappa shape index (κ2) is 4.35. The number of furan rings is 1. The van der Waals surface area contributed by atoms with Crippen molar-refractivity contribution in [2.24, 2.45) is 7.05 Å². The first-order chi connectivity index (χ1) is 11.7. The van der Waals surface area contributed by atoms with Crippen LogP contribution in [0.2, 0.25) is 0 Å². The van der Waals surface area contributed by atoms with Gasteiger partial charge in [0.25, 0.3) is 5.56 Å². The third kappa shape index (κ3) is 1.48. The van der Waals surface area contributed by atoms with Crippen LogP contribution in [-0.4, -0.2) is 4.57 Å². The lowest BCUT2D eigenvalue weighted by Gasteiger charge is -2.08. The lowest BCUT2D eigenvalue weighted by molar-refractivity contribution is 0.545. The van der Waals surface area contributed by atoms with E-state index in [1.165, 1.54) is 0 Å². The SMILES string of the molecule is Cn1c(=O)c2c(oc(=O)c3oc4ccccc4c32)c2ccccc21. The molecular weight excluding hydrogens is 306 g/mol. The molecule has 5 nitrogen and oxygen atoms in total. The van der Waals surface area contributed by atoms with Crippen LogP contribution in [-0.2, 0) is 7.05 Å². The van der Waals surface area contributed by atoms with Crippen molar-refractivity contribution in [1.82, 2.24) is 4.57 Å². The summed E-state index contributed by atoms with van der Waals surface area (Å²) in [5.74, 6) is 0. The Balaban J connectivity index is 2.26. The molecule has 5 aromatic rings. The maximum Gasteiger partial charge on any atom is 0.380 e. The summed E-state index contributed by atoms with van der Waals surface area (Å²) in [6, 6.07) is 14.6. The molecule has 3 aromatic heterocycles. The van der Waals surface area contributed by atoms with E-state index in [0.717, 1.165) is 10.8 Å². The highest BCUT2D eigenvalue weighted by Crippen LogP contribution is 2.33. The highest BCUT2D eigenvalue weighted by molar-refractivity contribution is 6.20. The van der Waals surface area contributed by atoms with Crippen molar-refractivity contribution in [1.29, 1.82) is 0 Å². The summed E-state index contributed by atoms with van der Waals surface area (Å²) in [5.41, 5.74) is 0.859. The highest BCUT2D eigenvalue weighted by Gasteiger charge is 2.20. The zero-order chi connectivity index (χ0) is 16.4. The van der Waals surface area contributed by atoms with Gasteiger partial charge in [-0.05, 0) is 18.2 Å². The van der Waals surface area contributed by atoms with E-state index in [9.17, 15) is 9.59 Å². The van der Waals surface area contributed by atoms with Gasteiger partial charge < -0.3 is 13.4 Å². The van der Waals surface area contributed by atoms with Gasteiger partial charge in [-0.25, -0.2) is 4.79 Å². The predicted octanol–water partition coefficient (Wildman–Crippen LogP) is 3.54. The van der Waals surface area contributed by atoms with Crippen molar-refractivity contribution in [3.05, 3.63) is 69.3 Å². The van der Waals surface area contributed by atoms with E-state index in [0.29, 0.717) is 27.5 Å². The number of aromatic nitrogens is 1. The van der Waals surface area contributed by atoms with Crippen molar-refractivity contribution < 1.29 is 8.83 Å². The quantitative estimate of drug-likeness (QED) is 0.410. The van der Waals surface area contributed by atoms with Gasteiger partial charge in [0, 0.05) is 17.8 Å². The molecule has 3 heterocycles. The molecule has 0 saturated heterocycles. The number of benzene rings is 2. The Bertz CT molecular complexity index is 1400. The van der Waals surface area contributed by atoms with Gasteiger partial charge in [0.05, 0.1) is 16.3 Å². The van der Waals surface area contributed by atoms with Crippen LogP contribution in [0.5, 0.6) is 0 Å². The van der Waals surface area contributed by atoms with E-state index in [1.54, 1.807) is 17.7 Å². The van der Waals surface area contributed by atoms with Gasteiger partial charge in [0.1, 0.15) is 5.58 Å². The topological polar surface area (TPSA) is 65.3 Å². The Labute approximate surface area is 134 Å². The highest BCUT2D eigenvalue weighted by atomic mass is 16.4. The van der Waals surface area contributed by atoms with Crippen molar-refractivity contribution in [2.45, 2.75) is 0 Å². The van der Waals surface area contributed by atoms with Crippen LogP contribution in [0.25, 0.3) is 43.8 Å². The van der Waals surface area contributed by atoms with Crippen LogP contribution in [0.4, 0.5) is 0 Å². The van der Waals surface area contributed by atoms with E-state index < -0.39 is 5.63 Å². The molecule has 0 unspecified atom stereocenters. The standard InChI is InChI=1S/C19H11NO4/c1-20-12-8-4-2-6-10(12)16-15(18(20)21)14-11-7-3-5-9-13(11)23-17(14)19(22)24-16/h2-9H,1H3. The molecule has 5 rings (SSSR count). The van der Waals surface area contributed by atoms with Crippen molar-refractivity contribution >= 4 is 43.8 Å². The molecule has 5 heteroatoms. The summed E-state index contributed by atoms with van der Waals surface area (Å²) in [6.45, 7) is 0. The zero-order valence-corrected chi connectivity index (χ0v) is 12.7. The summed E-state index contributed by atoms with van der Waals surface area (Å²) in [7, 11) is 1.71. The van der Waals surface area contributed by atoms with Crippen molar-refractivity contribution in [3.8, 4) is 0 Å². The molecule has 24 heavy (non-hydrogen) atoms. The van der Waals surface area contributed by atoms with Crippen LogP contribution in [0.3, 0.4) is 0 Å². The Kier molecular flexibility index (Phi) is 2.38. The number of nitrogens with zero attached hydrogens (tertiary/aromatic N) is 1. The minimum atomic E-state index is -0.577. The maximum atomic E-state index is 13.0. The second-order valence-electron chi connectivity index (χ2n) is 5.78. The Hall–Kier alpha value is -3.34. The molecule has 2 aromatic carbocycles. The fraction of sp³-hybridized carbons (Fsp3) is 0.0526. The zero-order valence-electron chi connectivity index (χ0n) is 12.7. The first-order valence-electron chi connectivity index (χ1n) is 7.52. The minimum Gasteiger partial charge on any atom is -0.448 e. The largest absolute Gasteiger partial charge is 0.448 e. The summed E-state index contributed by atoms with van der Waals surface area (Å²) >= 11 is 0. The second-order valence-corrected chi connectivity index (χ2v) is 5.78. The van der Waals surface area contributed by atoms with E-state index in [4.69, 9.17) is 8.83 Å². The van der Waals surface area contributed by atoms with Crippen LogP contribution in [0.1, 0.15) is 0 Å². The van der Waals surface area contributed by atoms with Gasteiger partial charge in [0.15, 0.2) is 5.58 Å². The molecule has 0 amide bonds. The van der Waals surface area contributed by atoms with Crippen molar-refractivity contribution in [3.63, 3.8) is 0 Å². The number of rotatable bonds is 0. The smallest absolute Gasteiger partial charge is 0.380 e. The van der Waals surface area contributed by atoms with Crippen LogP contribution >= 0.6 is 0 Å². The summed E-state index contributed by atoms with van der Waals surface area (Å²) in [4.78, 5) is 25.4. The molecule has 0 bridgehead atoms. The molecule has 116 valence electrons. The number of fused-ring (bicyclic) bond motifs is 7. The number of para-hydroxylation sites is 2. The number of pyridine rings is 1. The van der Waals surface area contributed by atoms with E-state index in [-0.39, 0.29) is 11.1 Å². The Morgan fingerprint density at radius 1 is 0.792 bits per heavy atom. The predicted molar refractivity (Wildman–Crippen MR) is 92.5 cm³/mol. The molecule has 0 radical (unpaired) electrons. The van der Waals surface area contributed by atoms with Crippen molar-refractivity contribution in [2.75, 3.05) is 0 Å². The van der Waals surface area contributed by atoms with Gasteiger partial charge in [-0.3, -0.25) is 4.79 Å². The van der Waals surface area contributed by atoms with E-state index in [2.05, 4.69) is 0 Å². The summed E-state index contributed by atoms with van der Waals surface area (Å²) < 4.78 is 12.7. The van der Waals surface area contributed by atoms with E-state index in [1.807, 2.05) is 42.5 Å². The van der Waals surface area contributed by atoms with Crippen LogP contribution < -0.4 is 11.2 Å². The number of aryl methyl sites for hydroxylation is 1. The van der Waals surface area contributed by atoms with Gasteiger partial charge in [-0.15, -0.1) is 0 Å². The Morgan fingerprint density at radius 3 is 2.33 bits per heavy atom. The normalized spacial score (nSPS) is 11.9. The molecule has 0 spiro atoms. The molecular formula is C19H11NO4. The van der Waals surface area contributed by atoms with Gasteiger partial charge in [-0.2, -0.15) is 0 Å². The minimum absolute atomic E-state index is 0.0797. The number of hydrogen-bond donors (Lipinski definition) is 0. The fourth-order valence-corrected chi connectivity index (χ4v) is 3.37. The molecule has 0 aliphatic carbocycles. The summed E-state index contributed by atoms with van der Waals surface area (Å²) in [5, 5.41) is 2.34. The number of hydrogen-bond acceptors (Lipinski definition) is 4. The average Bonchev–Trinajstić information content (AvgIpc) is 3.00. The summed E-state index contributed by atoms with van der Waals surface area (Å²) in [6.07, 6.45) is 0. The van der Waals surface area contributed by atoms with Gasteiger partial charge in [0.2, 0.25) is 5.58 Å². The maximum absolute atomic E-state index is 13.0. The lowest BCUT2D eigenvalue weighted by atomic mass is 10.1.